The average molecular weight is 1440 g/mol. The van der Waals surface area contributed by atoms with E-state index in [1.54, 1.807) is 0 Å². The Bertz CT molecular complexity index is 1910. The van der Waals surface area contributed by atoms with E-state index in [2.05, 4.69) is 48.5 Å². The summed E-state index contributed by atoms with van der Waals surface area (Å²) >= 11 is 0. The number of hydrogen-bond acceptors (Lipinski definition) is 15. The molecule has 0 saturated heterocycles. The number of unbranched alkanes of at least 4 members (excludes halogenated alkanes) is 43. The molecule has 0 aromatic heterocycles. The van der Waals surface area contributed by atoms with Crippen LogP contribution < -0.4 is 0 Å². The molecule has 3 N–H and O–H groups in total. The fourth-order valence-corrected chi connectivity index (χ4v) is 13.6. The normalized spacial score (nSPS) is 14.6. The Morgan fingerprint density at radius 2 is 0.520 bits per heavy atom. The van der Waals surface area contributed by atoms with Crippen molar-refractivity contribution < 1.29 is 80.2 Å². The Morgan fingerprint density at radius 3 is 0.776 bits per heavy atom. The molecule has 0 aromatic rings. The second kappa shape index (κ2) is 69.4. The minimum atomic E-state index is -4.96. The molecule has 0 amide bonds. The minimum absolute atomic E-state index is 0.105. The monoisotopic (exact) mass is 1440 g/mol. The highest BCUT2D eigenvalue weighted by molar-refractivity contribution is 7.47. The van der Waals surface area contributed by atoms with Crippen molar-refractivity contribution in [2.45, 2.75) is 426 Å². The summed E-state index contributed by atoms with van der Waals surface area (Å²) in [5.74, 6) is 0.318. The number of carbonyl (C=O) groups excluding carboxylic acids is 4. The molecule has 98 heavy (non-hydrogen) atoms. The van der Waals surface area contributed by atoms with Crippen molar-refractivity contribution in [3.8, 4) is 0 Å². The zero-order valence-electron chi connectivity index (χ0n) is 64.3. The van der Waals surface area contributed by atoms with Gasteiger partial charge in [0.15, 0.2) is 12.2 Å². The van der Waals surface area contributed by atoms with Crippen LogP contribution in [0.2, 0.25) is 0 Å². The van der Waals surface area contributed by atoms with Gasteiger partial charge in [-0.15, -0.1) is 0 Å². The van der Waals surface area contributed by atoms with Crippen LogP contribution in [0.1, 0.15) is 408 Å². The van der Waals surface area contributed by atoms with Gasteiger partial charge in [0.2, 0.25) is 0 Å². The number of esters is 4. The summed E-state index contributed by atoms with van der Waals surface area (Å²) in [6.07, 6.45) is 56.7. The first-order chi connectivity index (χ1) is 47.3. The summed E-state index contributed by atoms with van der Waals surface area (Å²) in [7, 11) is -9.92. The molecule has 0 aliphatic rings. The number of hydrogen-bond donors (Lipinski definition) is 3. The van der Waals surface area contributed by atoms with Gasteiger partial charge in [0.1, 0.15) is 19.3 Å². The molecule has 19 heteroatoms. The van der Waals surface area contributed by atoms with Crippen LogP contribution >= 0.6 is 15.6 Å². The molecule has 4 unspecified atom stereocenters. The van der Waals surface area contributed by atoms with E-state index in [1.807, 2.05) is 0 Å². The van der Waals surface area contributed by atoms with Gasteiger partial charge in [0, 0.05) is 25.7 Å². The molecule has 17 nitrogen and oxygen atoms in total. The van der Waals surface area contributed by atoms with Crippen molar-refractivity contribution in [3.05, 3.63) is 0 Å². The molecule has 0 rings (SSSR count). The summed E-state index contributed by atoms with van der Waals surface area (Å²) in [4.78, 5) is 72.9. The van der Waals surface area contributed by atoms with E-state index in [4.69, 9.17) is 37.0 Å². The number of phosphoric ester groups is 2. The van der Waals surface area contributed by atoms with Crippen molar-refractivity contribution in [2.75, 3.05) is 39.6 Å². The number of aliphatic hydroxyl groups is 1. The second-order valence-electron chi connectivity index (χ2n) is 29.4. The van der Waals surface area contributed by atoms with Crippen LogP contribution in [-0.4, -0.2) is 96.7 Å². The lowest BCUT2D eigenvalue weighted by Crippen LogP contribution is -2.30. The maximum absolute atomic E-state index is 13.1. The van der Waals surface area contributed by atoms with Gasteiger partial charge in [0.05, 0.1) is 26.4 Å². The highest BCUT2D eigenvalue weighted by Gasteiger charge is 2.30. The summed E-state index contributed by atoms with van der Waals surface area (Å²) in [6, 6.07) is 0. The van der Waals surface area contributed by atoms with E-state index in [-0.39, 0.29) is 25.7 Å². The molecule has 0 aromatic carbocycles. The van der Waals surface area contributed by atoms with Crippen LogP contribution in [0, 0.1) is 17.8 Å². The molecule has 0 aliphatic heterocycles. The smallest absolute Gasteiger partial charge is 0.462 e. The van der Waals surface area contributed by atoms with Crippen LogP contribution in [0.5, 0.6) is 0 Å². The molecule has 0 fully saturated rings. The lowest BCUT2D eigenvalue weighted by molar-refractivity contribution is -0.161. The zero-order valence-corrected chi connectivity index (χ0v) is 66.0. The first-order valence-corrected chi connectivity index (χ1v) is 43.9. The molecule has 0 saturated carbocycles. The Kier molecular flexibility index (Phi) is 68.1. The van der Waals surface area contributed by atoms with Crippen LogP contribution in [0.15, 0.2) is 0 Å². The van der Waals surface area contributed by atoms with E-state index in [9.17, 15) is 43.2 Å². The quantitative estimate of drug-likeness (QED) is 0.0222. The third-order valence-electron chi connectivity index (χ3n) is 19.1. The van der Waals surface area contributed by atoms with E-state index < -0.39 is 97.5 Å². The molecule has 0 spiro atoms. The van der Waals surface area contributed by atoms with Crippen molar-refractivity contribution in [3.63, 3.8) is 0 Å². The molecule has 0 aliphatic carbocycles. The van der Waals surface area contributed by atoms with E-state index in [0.717, 1.165) is 108 Å². The first-order valence-electron chi connectivity index (χ1n) is 40.9. The Morgan fingerprint density at radius 1 is 0.296 bits per heavy atom. The van der Waals surface area contributed by atoms with Crippen LogP contribution in [0.25, 0.3) is 0 Å². The molecule has 582 valence electrons. The SMILES string of the molecule is CCCCCCCCCCCCC(=O)OC[C@H](COP(=O)(O)OC[C@H](O)COP(=O)(O)OC[C@@H](COC(=O)CCCCCCCCCCCCCCCCC(C)CC)OC(=O)CCCCCCCCCCCCCCCCC(C)CC)OC(=O)CCCCCCCCCCCC(C)C. The van der Waals surface area contributed by atoms with Gasteiger partial charge in [-0.3, -0.25) is 37.3 Å². The zero-order chi connectivity index (χ0) is 72.3. The van der Waals surface area contributed by atoms with Gasteiger partial charge >= 0.3 is 39.5 Å². The predicted octanol–water partition coefficient (Wildman–Crippen LogP) is 23.4. The topological polar surface area (TPSA) is 237 Å². The molecule has 0 bridgehead atoms. The number of aliphatic hydroxyl groups excluding tert-OH is 1. The molecule has 0 radical (unpaired) electrons. The third kappa shape index (κ3) is 69.8. The summed E-state index contributed by atoms with van der Waals surface area (Å²) in [5, 5.41) is 10.6. The maximum atomic E-state index is 13.1. The highest BCUT2D eigenvalue weighted by Crippen LogP contribution is 2.45. The number of rotatable bonds is 77. The second-order valence-corrected chi connectivity index (χ2v) is 32.3. The van der Waals surface area contributed by atoms with E-state index >= 15 is 0 Å². The van der Waals surface area contributed by atoms with Gasteiger partial charge in [-0.05, 0) is 43.4 Å². The molecule has 7 atom stereocenters. The minimum Gasteiger partial charge on any atom is -0.462 e. The van der Waals surface area contributed by atoms with Gasteiger partial charge < -0.3 is 33.8 Å². The van der Waals surface area contributed by atoms with Gasteiger partial charge in [-0.25, -0.2) is 9.13 Å². The average Bonchev–Trinajstić information content (AvgIpc) is 2.06. The van der Waals surface area contributed by atoms with Gasteiger partial charge in [0.25, 0.3) is 0 Å². The van der Waals surface area contributed by atoms with Crippen LogP contribution in [-0.2, 0) is 65.4 Å². The van der Waals surface area contributed by atoms with E-state index in [0.29, 0.717) is 25.7 Å². The fraction of sp³-hybridized carbons (Fsp3) is 0.949. The van der Waals surface area contributed by atoms with Crippen LogP contribution in [0.3, 0.4) is 0 Å². The lowest BCUT2D eigenvalue weighted by atomic mass is 9.99. The summed E-state index contributed by atoms with van der Waals surface area (Å²) in [5.41, 5.74) is 0. The summed E-state index contributed by atoms with van der Waals surface area (Å²) in [6.45, 7) is 12.0. The van der Waals surface area contributed by atoms with Crippen molar-refractivity contribution >= 4 is 39.5 Å². The largest absolute Gasteiger partial charge is 0.472 e. The van der Waals surface area contributed by atoms with Crippen molar-refractivity contribution in [1.82, 2.24) is 0 Å². The maximum Gasteiger partial charge on any atom is 0.472 e. The Hall–Kier alpha value is -1.94. The molecular weight excluding hydrogens is 1280 g/mol. The first kappa shape index (κ1) is 96.1. The lowest BCUT2D eigenvalue weighted by Gasteiger charge is -2.21. The Balaban J connectivity index is 5.24. The number of phosphoric acid groups is 2. The highest BCUT2D eigenvalue weighted by atomic mass is 31.2. The third-order valence-corrected chi connectivity index (χ3v) is 21.0. The van der Waals surface area contributed by atoms with Crippen molar-refractivity contribution in [1.29, 1.82) is 0 Å². The summed E-state index contributed by atoms with van der Waals surface area (Å²) < 4.78 is 68.6. The predicted molar refractivity (Wildman–Crippen MR) is 400 cm³/mol. The Labute approximate surface area is 600 Å². The van der Waals surface area contributed by atoms with Crippen molar-refractivity contribution in [2.24, 2.45) is 17.8 Å². The van der Waals surface area contributed by atoms with Gasteiger partial charge in [-0.1, -0.05) is 357 Å². The van der Waals surface area contributed by atoms with Crippen LogP contribution in [0.4, 0.5) is 0 Å². The fourth-order valence-electron chi connectivity index (χ4n) is 12.1. The number of carbonyl (C=O) groups is 4. The molecular formula is C79H154O17P2. The number of ether oxygens (including phenoxy) is 4. The molecule has 0 heterocycles. The standard InChI is InChI=1S/C79H154O17P2/c1-8-11-12-13-14-15-32-39-46-53-60-76(81)89-66-75(96-79(84)63-56-49-42-35-28-29-36-43-50-57-70(4)5)69-94-98(87,88)92-65-73(80)64-91-97(85,86)93-68-74(95-78(83)62-55-48-41-34-27-23-19-17-21-25-31-38-45-52-59-72(7)10-3)67-90-77(82)61-54-47-40-33-26-22-18-16-20-24-30-37-44-51-58-71(6)9-2/h70-75,80H,8-69H2,1-7H3,(H,85,86)(H,87,88)/t71?,72?,73-,74-,75-/m1/s1. The van der Waals surface area contributed by atoms with E-state index in [1.165, 1.54) is 218 Å². The van der Waals surface area contributed by atoms with Gasteiger partial charge in [-0.2, -0.15) is 0 Å².